The number of hydrogen-bond donors (Lipinski definition) is 0. The average molecular weight is 257 g/mol. The molecule has 0 N–H and O–H groups in total. The van der Waals surface area contributed by atoms with Crippen LogP contribution < -0.4 is 4.90 Å². The molecule has 0 aromatic heterocycles. The van der Waals surface area contributed by atoms with Gasteiger partial charge >= 0.3 is 6.03 Å². The lowest BCUT2D eigenvalue weighted by Gasteiger charge is -2.27. The van der Waals surface area contributed by atoms with Crippen molar-refractivity contribution in [1.82, 2.24) is 4.90 Å². The van der Waals surface area contributed by atoms with Crippen LogP contribution in [-0.2, 0) is 0 Å². The van der Waals surface area contributed by atoms with Gasteiger partial charge in [-0.05, 0) is 37.1 Å². The number of rotatable bonds is 1. The number of anilines is 1. The predicted octanol–water partition coefficient (Wildman–Crippen LogP) is 2.99. The zero-order valence-electron chi connectivity index (χ0n) is 11.3. The molecule has 1 saturated heterocycles. The summed E-state index contributed by atoms with van der Waals surface area (Å²) in [5.74, 6) is 0. The summed E-state index contributed by atoms with van der Waals surface area (Å²) in [5, 5.41) is 8.77. The van der Waals surface area contributed by atoms with Crippen LogP contribution in [0.25, 0.3) is 0 Å². The van der Waals surface area contributed by atoms with E-state index in [0.29, 0.717) is 5.56 Å². The Balaban J connectivity index is 2.06. The van der Waals surface area contributed by atoms with Gasteiger partial charge in [-0.3, -0.25) is 4.90 Å². The summed E-state index contributed by atoms with van der Waals surface area (Å²) in [6, 6.07) is 9.23. The maximum atomic E-state index is 12.4. The second kappa shape index (κ2) is 6.24. The number of carbonyl (C=O) groups excluding carboxylic acids is 1. The first-order valence-corrected chi connectivity index (χ1v) is 6.75. The molecule has 1 aliphatic rings. The van der Waals surface area contributed by atoms with Crippen molar-refractivity contribution in [2.75, 3.05) is 25.0 Å². The number of likely N-dealkylation sites (tertiary alicyclic amines) is 1. The third-order valence-electron chi connectivity index (χ3n) is 3.55. The van der Waals surface area contributed by atoms with Crippen molar-refractivity contribution in [2.24, 2.45) is 0 Å². The first-order chi connectivity index (χ1) is 9.22. The minimum atomic E-state index is 0.0478. The van der Waals surface area contributed by atoms with E-state index < -0.39 is 0 Å². The molecule has 1 heterocycles. The number of nitrogens with zero attached hydrogens (tertiary/aromatic N) is 3. The lowest BCUT2D eigenvalue weighted by atomic mass is 10.2. The van der Waals surface area contributed by atoms with Crippen molar-refractivity contribution in [2.45, 2.75) is 25.7 Å². The highest BCUT2D eigenvalue weighted by molar-refractivity contribution is 5.91. The molecule has 4 heteroatoms. The SMILES string of the molecule is CN(C(=O)N1CCCCCC1)c1ccc(C#N)cc1. The number of hydrogen-bond acceptors (Lipinski definition) is 2. The van der Waals surface area contributed by atoms with Crippen LogP contribution in [0.15, 0.2) is 24.3 Å². The Hall–Kier alpha value is -2.02. The molecule has 4 nitrogen and oxygen atoms in total. The molecular weight excluding hydrogens is 238 g/mol. The van der Waals surface area contributed by atoms with Crippen molar-refractivity contribution in [3.63, 3.8) is 0 Å². The molecule has 1 aliphatic heterocycles. The van der Waals surface area contributed by atoms with Gasteiger partial charge in [-0.15, -0.1) is 0 Å². The Morgan fingerprint density at radius 1 is 1.16 bits per heavy atom. The zero-order valence-corrected chi connectivity index (χ0v) is 11.3. The molecule has 0 spiro atoms. The summed E-state index contributed by atoms with van der Waals surface area (Å²) < 4.78 is 0. The molecule has 0 radical (unpaired) electrons. The van der Waals surface area contributed by atoms with Crippen LogP contribution in [0.2, 0.25) is 0 Å². The number of urea groups is 1. The van der Waals surface area contributed by atoms with Crippen molar-refractivity contribution >= 4 is 11.7 Å². The van der Waals surface area contributed by atoms with Gasteiger partial charge in [0.05, 0.1) is 11.6 Å². The Morgan fingerprint density at radius 3 is 2.26 bits per heavy atom. The fraction of sp³-hybridized carbons (Fsp3) is 0.467. The first-order valence-electron chi connectivity index (χ1n) is 6.75. The summed E-state index contributed by atoms with van der Waals surface area (Å²) in [5.41, 5.74) is 1.44. The van der Waals surface area contributed by atoms with Gasteiger partial charge in [0, 0.05) is 25.8 Å². The number of amides is 2. The zero-order chi connectivity index (χ0) is 13.7. The van der Waals surface area contributed by atoms with Crippen LogP contribution in [-0.4, -0.2) is 31.1 Å². The third-order valence-corrected chi connectivity index (χ3v) is 3.55. The topological polar surface area (TPSA) is 47.3 Å². The highest BCUT2D eigenvalue weighted by Gasteiger charge is 2.19. The van der Waals surface area contributed by atoms with E-state index in [4.69, 9.17) is 5.26 Å². The summed E-state index contributed by atoms with van der Waals surface area (Å²) in [6.07, 6.45) is 4.61. The molecule has 19 heavy (non-hydrogen) atoms. The standard InChI is InChI=1S/C15H19N3O/c1-17(14-8-6-13(12-16)7-9-14)15(19)18-10-4-2-3-5-11-18/h6-9H,2-5,10-11H2,1H3. The first kappa shape index (κ1) is 13.4. The molecule has 0 atom stereocenters. The molecule has 1 aromatic carbocycles. The molecular formula is C15H19N3O. The second-order valence-electron chi connectivity index (χ2n) is 4.90. The van der Waals surface area contributed by atoms with Crippen LogP contribution in [0.1, 0.15) is 31.2 Å². The average Bonchev–Trinajstić information content (AvgIpc) is 2.75. The molecule has 2 rings (SSSR count). The minimum absolute atomic E-state index is 0.0478. The molecule has 0 unspecified atom stereocenters. The van der Waals surface area contributed by atoms with Crippen LogP contribution in [0.5, 0.6) is 0 Å². The maximum absolute atomic E-state index is 12.4. The van der Waals surface area contributed by atoms with Gasteiger partial charge in [0.25, 0.3) is 0 Å². The van der Waals surface area contributed by atoms with E-state index in [2.05, 4.69) is 6.07 Å². The predicted molar refractivity (Wildman–Crippen MR) is 75.0 cm³/mol. The van der Waals surface area contributed by atoms with Crippen LogP contribution in [0.3, 0.4) is 0 Å². The largest absolute Gasteiger partial charge is 0.324 e. The van der Waals surface area contributed by atoms with Crippen LogP contribution in [0.4, 0.5) is 10.5 Å². The van der Waals surface area contributed by atoms with Gasteiger partial charge in [0.1, 0.15) is 0 Å². The maximum Gasteiger partial charge on any atom is 0.324 e. The van der Waals surface area contributed by atoms with Gasteiger partial charge in [-0.1, -0.05) is 12.8 Å². The highest BCUT2D eigenvalue weighted by atomic mass is 16.2. The molecule has 0 saturated carbocycles. The lowest BCUT2D eigenvalue weighted by Crippen LogP contribution is -2.41. The van der Waals surface area contributed by atoms with E-state index in [1.54, 1.807) is 24.1 Å². The lowest BCUT2D eigenvalue weighted by molar-refractivity contribution is 0.208. The Bertz CT molecular complexity index is 467. The van der Waals surface area contributed by atoms with Crippen molar-refractivity contribution < 1.29 is 4.79 Å². The fourth-order valence-electron chi connectivity index (χ4n) is 2.34. The van der Waals surface area contributed by atoms with E-state index in [0.717, 1.165) is 31.6 Å². The van der Waals surface area contributed by atoms with Gasteiger partial charge < -0.3 is 4.90 Å². The molecule has 0 aliphatic carbocycles. The smallest absolute Gasteiger partial charge is 0.324 e. The molecule has 1 aromatic rings. The number of carbonyl (C=O) groups is 1. The molecule has 100 valence electrons. The van der Waals surface area contributed by atoms with Crippen molar-refractivity contribution in [3.05, 3.63) is 29.8 Å². The molecule has 2 amide bonds. The summed E-state index contributed by atoms with van der Waals surface area (Å²) in [6.45, 7) is 1.69. The van der Waals surface area contributed by atoms with E-state index in [1.165, 1.54) is 12.8 Å². The van der Waals surface area contributed by atoms with E-state index in [-0.39, 0.29) is 6.03 Å². The van der Waals surface area contributed by atoms with Crippen LogP contribution in [0, 0.1) is 11.3 Å². The third kappa shape index (κ3) is 3.25. The van der Waals surface area contributed by atoms with Gasteiger partial charge in [0.2, 0.25) is 0 Å². The van der Waals surface area contributed by atoms with Crippen molar-refractivity contribution in [1.29, 1.82) is 5.26 Å². The summed E-state index contributed by atoms with van der Waals surface area (Å²) in [4.78, 5) is 16.0. The molecule has 1 fully saturated rings. The monoisotopic (exact) mass is 257 g/mol. The summed E-state index contributed by atoms with van der Waals surface area (Å²) >= 11 is 0. The number of nitriles is 1. The van der Waals surface area contributed by atoms with E-state index in [1.807, 2.05) is 17.0 Å². The van der Waals surface area contributed by atoms with E-state index >= 15 is 0 Å². The normalized spacial score (nSPS) is 15.5. The van der Waals surface area contributed by atoms with Crippen LogP contribution >= 0.6 is 0 Å². The Morgan fingerprint density at radius 2 is 1.74 bits per heavy atom. The van der Waals surface area contributed by atoms with Crippen molar-refractivity contribution in [3.8, 4) is 6.07 Å². The minimum Gasteiger partial charge on any atom is -0.324 e. The second-order valence-corrected chi connectivity index (χ2v) is 4.90. The van der Waals surface area contributed by atoms with Gasteiger partial charge in [-0.2, -0.15) is 5.26 Å². The summed E-state index contributed by atoms with van der Waals surface area (Å²) in [7, 11) is 1.79. The Kier molecular flexibility index (Phi) is 4.40. The quantitative estimate of drug-likeness (QED) is 0.776. The van der Waals surface area contributed by atoms with E-state index in [9.17, 15) is 4.79 Å². The number of benzene rings is 1. The van der Waals surface area contributed by atoms with Gasteiger partial charge in [-0.25, -0.2) is 4.79 Å². The Labute approximate surface area is 114 Å². The fourth-order valence-corrected chi connectivity index (χ4v) is 2.34. The molecule has 0 bridgehead atoms. The highest BCUT2D eigenvalue weighted by Crippen LogP contribution is 2.17. The van der Waals surface area contributed by atoms with Gasteiger partial charge in [0.15, 0.2) is 0 Å².